The Hall–Kier alpha value is -1.56. The highest BCUT2D eigenvalue weighted by Crippen LogP contribution is 2.09. The molecule has 2 rings (SSSR count). The van der Waals surface area contributed by atoms with Crippen molar-refractivity contribution in [3.05, 3.63) is 18.7 Å². The summed E-state index contributed by atoms with van der Waals surface area (Å²) in [7, 11) is 0. The zero-order valence-corrected chi connectivity index (χ0v) is 9.88. The standard InChI is InChI=1S/C11H19N5O/c12-11(17)16-5-1-10(2-6-16)14-4-8-15-7-3-13-9-15/h3,7,9-10,14H,1-2,4-6,8H2,(H2,12,17). The molecule has 0 spiro atoms. The van der Waals surface area contributed by atoms with Crippen molar-refractivity contribution in [3.8, 4) is 0 Å². The molecule has 0 atom stereocenters. The van der Waals surface area contributed by atoms with Crippen LogP contribution in [0, 0.1) is 0 Å². The smallest absolute Gasteiger partial charge is 0.314 e. The molecule has 1 aromatic heterocycles. The van der Waals surface area contributed by atoms with E-state index in [4.69, 9.17) is 5.73 Å². The highest BCUT2D eigenvalue weighted by molar-refractivity contribution is 5.72. The van der Waals surface area contributed by atoms with Crippen LogP contribution in [0.2, 0.25) is 0 Å². The quantitative estimate of drug-likeness (QED) is 0.775. The number of hydrogen-bond acceptors (Lipinski definition) is 3. The minimum atomic E-state index is -0.304. The maximum atomic E-state index is 10.9. The number of carbonyl (C=O) groups is 1. The number of aromatic nitrogens is 2. The van der Waals surface area contributed by atoms with Gasteiger partial charge in [-0.25, -0.2) is 9.78 Å². The van der Waals surface area contributed by atoms with Gasteiger partial charge in [-0.15, -0.1) is 0 Å². The van der Waals surface area contributed by atoms with Crippen LogP contribution >= 0.6 is 0 Å². The number of amides is 2. The SMILES string of the molecule is NC(=O)N1CCC(NCCn2ccnc2)CC1. The third kappa shape index (κ3) is 3.45. The molecule has 0 bridgehead atoms. The van der Waals surface area contributed by atoms with Gasteiger partial charge in [0, 0.05) is 44.6 Å². The molecule has 2 amide bonds. The number of primary amides is 1. The summed E-state index contributed by atoms with van der Waals surface area (Å²) >= 11 is 0. The Morgan fingerprint density at radius 2 is 2.24 bits per heavy atom. The average molecular weight is 237 g/mol. The van der Waals surface area contributed by atoms with Gasteiger partial charge in [-0.3, -0.25) is 0 Å². The first kappa shape index (κ1) is 11.9. The fourth-order valence-corrected chi connectivity index (χ4v) is 2.12. The Balaban J connectivity index is 1.63. The predicted molar refractivity (Wildman–Crippen MR) is 64.4 cm³/mol. The van der Waals surface area contributed by atoms with Crippen molar-refractivity contribution >= 4 is 6.03 Å². The number of carbonyl (C=O) groups excluding carboxylic acids is 1. The normalized spacial score (nSPS) is 17.3. The maximum Gasteiger partial charge on any atom is 0.314 e. The number of imidazole rings is 1. The first-order valence-electron chi connectivity index (χ1n) is 5.99. The van der Waals surface area contributed by atoms with E-state index in [9.17, 15) is 4.79 Å². The Labute approximate surface area is 101 Å². The molecule has 1 aromatic rings. The van der Waals surface area contributed by atoms with Crippen LogP contribution in [0.3, 0.4) is 0 Å². The molecule has 2 heterocycles. The third-order valence-corrected chi connectivity index (χ3v) is 3.17. The van der Waals surface area contributed by atoms with E-state index in [1.807, 2.05) is 17.1 Å². The fourth-order valence-electron chi connectivity index (χ4n) is 2.12. The molecule has 0 aliphatic carbocycles. The Morgan fingerprint density at radius 3 is 2.82 bits per heavy atom. The number of hydrogen-bond donors (Lipinski definition) is 2. The van der Waals surface area contributed by atoms with Gasteiger partial charge < -0.3 is 20.5 Å². The molecule has 0 unspecified atom stereocenters. The Morgan fingerprint density at radius 1 is 1.47 bits per heavy atom. The minimum Gasteiger partial charge on any atom is -0.351 e. The van der Waals surface area contributed by atoms with Gasteiger partial charge in [0.2, 0.25) is 0 Å². The van der Waals surface area contributed by atoms with Gasteiger partial charge in [-0.2, -0.15) is 0 Å². The van der Waals surface area contributed by atoms with Gasteiger partial charge in [0.15, 0.2) is 0 Å². The molecular formula is C11H19N5O. The second-order valence-corrected chi connectivity index (χ2v) is 4.35. The van der Waals surface area contributed by atoms with Gasteiger partial charge in [0.05, 0.1) is 6.33 Å². The lowest BCUT2D eigenvalue weighted by molar-refractivity contribution is 0.185. The number of nitrogens with one attached hydrogen (secondary N) is 1. The summed E-state index contributed by atoms with van der Waals surface area (Å²) < 4.78 is 2.05. The van der Waals surface area contributed by atoms with Gasteiger partial charge in [0.25, 0.3) is 0 Å². The van der Waals surface area contributed by atoms with Crippen LogP contribution < -0.4 is 11.1 Å². The zero-order valence-electron chi connectivity index (χ0n) is 9.88. The van der Waals surface area contributed by atoms with Gasteiger partial charge in [-0.1, -0.05) is 0 Å². The molecule has 0 saturated carbocycles. The number of urea groups is 1. The van der Waals surface area contributed by atoms with Crippen LogP contribution in [0.4, 0.5) is 4.79 Å². The van der Waals surface area contributed by atoms with E-state index in [2.05, 4.69) is 10.3 Å². The second-order valence-electron chi connectivity index (χ2n) is 4.35. The maximum absolute atomic E-state index is 10.9. The Bertz CT molecular complexity index is 343. The van der Waals surface area contributed by atoms with E-state index >= 15 is 0 Å². The molecule has 1 aliphatic heterocycles. The number of likely N-dealkylation sites (tertiary alicyclic amines) is 1. The molecule has 0 aromatic carbocycles. The number of nitrogens with zero attached hydrogens (tertiary/aromatic N) is 3. The molecule has 1 fully saturated rings. The van der Waals surface area contributed by atoms with Crippen LogP contribution in [0.25, 0.3) is 0 Å². The van der Waals surface area contributed by atoms with E-state index < -0.39 is 0 Å². The Kier molecular flexibility index (Phi) is 3.98. The van der Waals surface area contributed by atoms with E-state index in [-0.39, 0.29) is 6.03 Å². The molecule has 94 valence electrons. The molecule has 6 nitrogen and oxygen atoms in total. The second kappa shape index (κ2) is 5.67. The summed E-state index contributed by atoms with van der Waals surface area (Å²) in [5.74, 6) is 0. The predicted octanol–water partition coefficient (Wildman–Crippen LogP) is 0.0158. The third-order valence-electron chi connectivity index (χ3n) is 3.17. The summed E-state index contributed by atoms with van der Waals surface area (Å²) in [6.45, 7) is 3.38. The van der Waals surface area contributed by atoms with E-state index in [1.165, 1.54) is 0 Å². The average Bonchev–Trinajstić information content (AvgIpc) is 2.83. The summed E-state index contributed by atoms with van der Waals surface area (Å²) in [4.78, 5) is 16.6. The lowest BCUT2D eigenvalue weighted by atomic mass is 10.1. The summed E-state index contributed by atoms with van der Waals surface area (Å²) in [6.07, 6.45) is 7.51. The van der Waals surface area contributed by atoms with Gasteiger partial charge in [-0.05, 0) is 12.8 Å². The molecule has 1 saturated heterocycles. The largest absolute Gasteiger partial charge is 0.351 e. The number of nitrogens with two attached hydrogens (primary N) is 1. The van der Waals surface area contributed by atoms with E-state index in [0.717, 1.165) is 39.0 Å². The highest BCUT2D eigenvalue weighted by atomic mass is 16.2. The first-order chi connectivity index (χ1) is 8.25. The lowest BCUT2D eigenvalue weighted by Crippen LogP contribution is -2.47. The van der Waals surface area contributed by atoms with E-state index in [1.54, 1.807) is 11.1 Å². The first-order valence-corrected chi connectivity index (χ1v) is 5.99. The number of piperidine rings is 1. The van der Waals surface area contributed by atoms with Crippen LogP contribution in [0.15, 0.2) is 18.7 Å². The van der Waals surface area contributed by atoms with Crippen molar-refractivity contribution in [1.82, 2.24) is 19.8 Å². The van der Waals surface area contributed by atoms with Crippen molar-refractivity contribution in [1.29, 1.82) is 0 Å². The fraction of sp³-hybridized carbons (Fsp3) is 0.636. The number of rotatable bonds is 4. The van der Waals surface area contributed by atoms with Crippen LogP contribution in [-0.2, 0) is 6.54 Å². The molecule has 17 heavy (non-hydrogen) atoms. The molecule has 1 aliphatic rings. The monoisotopic (exact) mass is 237 g/mol. The van der Waals surface area contributed by atoms with Crippen molar-refractivity contribution in [2.75, 3.05) is 19.6 Å². The van der Waals surface area contributed by atoms with Crippen LogP contribution in [0.1, 0.15) is 12.8 Å². The zero-order chi connectivity index (χ0) is 12.1. The highest BCUT2D eigenvalue weighted by Gasteiger charge is 2.20. The molecular weight excluding hydrogens is 218 g/mol. The summed E-state index contributed by atoms with van der Waals surface area (Å²) in [6, 6.07) is 0.191. The van der Waals surface area contributed by atoms with Crippen LogP contribution in [0.5, 0.6) is 0 Å². The van der Waals surface area contributed by atoms with E-state index in [0.29, 0.717) is 6.04 Å². The van der Waals surface area contributed by atoms with Gasteiger partial charge in [0.1, 0.15) is 0 Å². The minimum absolute atomic E-state index is 0.304. The lowest BCUT2D eigenvalue weighted by Gasteiger charge is -2.31. The molecule has 3 N–H and O–H groups in total. The topological polar surface area (TPSA) is 76.2 Å². The summed E-state index contributed by atoms with van der Waals surface area (Å²) in [5.41, 5.74) is 5.23. The van der Waals surface area contributed by atoms with Crippen molar-refractivity contribution < 1.29 is 4.79 Å². The van der Waals surface area contributed by atoms with Crippen LogP contribution in [-0.4, -0.2) is 46.2 Å². The van der Waals surface area contributed by atoms with Gasteiger partial charge >= 0.3 is 6.03 Å². The van der Waals surface area contributed by atoms with Crippen molar-refractivity contribution in [2.45, 2.75) is 25.4 Å². The molecule has 6 heteroatoms. The van der Waals surface area contributed by atoms with Crippen molar-refractivity contribution in [2.24, 2.45) is 5.73 Å². The molecule has 0 radical (unpaired) electrons. The summed E-state index contributed by atoms with van der Waals surface area (Å²) in [5, 5.41) is 3.49. The van der Waals surface area contributed by atoms with Crippen molar-refractivity contribution in [3.63, 3.8) is 0 Å².